The summed E-state index contributed by atoms with van der Waals surface area (Å²) in [5, 5.41) is 6.65. The van der Waals surface area contributed by atoms with Crippen LogP contribution in [0.1, 0.15) is 46.9 Å². The van der Waals surface area contributed by atoms with Gasteiger partial charge in [0, 0.05) is 0 Å². The van der Waals surface area contributed by atoms with Gasteiger partial charge in [-0.3, -0.25) is 4.79 Å². The number of methoxy groups -OCH3 is 1. The van der Waals surface area contributed by atoms with E-state index < -0.39 is 5.97 Å². The lowest BCUT2D eigenvalue weighted by atomic mass is 10.1. The number of oxime groups is 1. The molecule has 0 spiro atoms. The van der Waals surface area contributed by atoms with E-state index in [1.165, 1.54) is 18.9 Å². The summed E-state index contributed by atoms with van der Waals surface area (Å²) in [6.07, 6.45) is 2.46. The second-order valence-electron chi connectivity index (χ2n) is 6.01. The molecule has 6 nitrogen and oxygen atoms in total. The van der Waals surface area contributed by atoms with Gasteiger partial charge in [-0.15, -0.1) is 0 Å². The average molecular weight is 368 g/mol. The predicted octanol–water partition coefficient (Wildman–Crippen LogP) is 3.26. The lowest BCUT2D eigenvalue weighted by molar-refractivity contribution is -0.126. The molecule has 0 aromatic heterocycles. The van der Waals surface area contributed by atoms with E-state index in [4.69, 9.17) is 4.84 Å². The molecule has 2 aromatic rings. The molecule has 0 radical (unpaired) electrons. The van der Waals surface area contributed by atoms with Gasteiger partial charge in [-0.25, -0.2) is 4.79 Å². The maximum Gasteiger partial charge on any atom is 0.337 e. The minimum absolute atomic E-state index is 0.109. The van der Waals surface area contributed by atoms with Crippen LogP contribution in [0.5, 0.6) is 0 Å². The van der Waals surface area contributed by atoms with E-state index in [1.807, 2.05) is 19.1 Å². The number of hydrogen-bond acceptors (Lipinski definition) is 5. The number of aryl methyl sites for hydroxylation is 1. The fraction of sp³-hybridized carbons (Fsp3) is 0.286. The highest BCUT2D eigenvalue weighted by molar-refractivity contribution is 5.90. The second-order valence-corrected chi connectivity index (χ2v) is 6.01. The minimum atomic E-state index is -0.398. The van der Waals surface area contributed by atoms with Crippen LogP contribution in [0.2, 0.25) is 0 Å². The maximum atomic E-state index is 12.0. The van der Waals surface area contributed by atoms with Gasteiger partial charge in [0.25, 0.3) is 5.91 Å². The van der Waals surface area contributed by atoms with E-state index in [1.54, 1.807) is 24.3 Å². The van der Waals surface area contributed by atoms with Crippen molar-refractivity contribution in [3.8, 4) is 0 Å². The fourth-order valence-corrected chi connectivity index (χ4v) is 2.43. The lowest BCUT2D eigenvalue weighted by Gasteiger charge is -2.14. The van der Waals surface area contributed by atoms with Gasteiger partial charge in [0.1, 0.15) is 0 Å². The molecule has 27 heavy (non-hydrogen) atoms. The molecule has 1 atom stereocenters. The van der Waals surface area contributed by atoms with Gasteiger partial charge in [-0.2, -0.15) is 0 Å². The third-order valence-corrected chi connectivity index (χ3v) is 4.07. The van der Waals surface area contributed by atoms with Gasteiger partial charge in [0.05, 0.1) is 24.9 Å². The molecule has 0 aliphatic carbocycles. The van der Waals surface area contributed by atoms with Gasteiger partial charge in [-0.1, -0.05) is 48.5 Å². The van der Waals surface area contributed by atoms with Crippen LogP contribution in [0.4, 0.5) is 0 Å². The Balaban J connectivity index is 1.77. The Hall–Kier alpha value is -3.15. The van der Waals surface area contributed by atoms with Crippen LogP contribution in [0.25, 0.3) is 0 Å². The molecule has 1 unspecified atom stereocenters. The third-order valence-electron chi connectivity index (χ3n) is 4.07. The number of benzene rings is 2. The molecule has 2 aromatic carbocycles. The van der Waals surface area contributed by atoms with Crippen molar-refractivity contribution in [3.63, 3.8) is 0 Å². The van der Waals surface area contributed by atoms with Crippen molar-refractivity contribution >= 4 is 18.1 Å². The highest BCUT2D eigenvalue weighted by Crippen LogP contribution is 2.13. The van der Waals surface area contributed by atoms with Crippen LogP contribution in [0.3, 0.4) is 0 Å². The van der Waals surface area contributed by atoms with Crippen LogP contribution in [0.15, 0.2) is 53.7 Å². The first-order valence-corrected chi connectivity index (χ1v) is 8.75. The van der Waals surface area contributed by atoms with Crippen molar-refractivity contribution in [2.24, 2.45) is 5.16 Å². The SMILES string of the molecule is CCc1ccc(C(C)NC(=O)CO/N=C/c2ccc(C(=O)OC)cc2)cc1. The zero-order chi connectivity index (χ0) is 19.6. The first-order valence-electron chi connectivity index (χ1n) is 8.75. The Bertz CT molecular complexity index is 783. The Labute approximate surface area is 159 Å². The van der Waals surface area contributed by atoms with Crippen molar-refractivity contribution < 1.29 is 19.2 Å². The number of rotatable bonds is 8. The number of esters is 1. The van der Waals surface area contributed by atoms with E-state index in [0.29, 0.717) is 5.56 Å². The van der Waals surface area contributed by atoms with Crippen LogP contribution in [0, 0.1) is 0 Å². The number of nitrogens with zero attached hydrogens (tertiary/aromatic N) is 1. The number of carbonyl (C=O) groups is 2. The van der Waals surface area contributed by atoms with E-state index in [9.17, 15) is 9.59 Å². The maximum absolute atomic E-state index is 12.0. The van der Waals surface area contributed by atoms with Crippen LogP contribution < -0.4 is 5.32 Å². The summed E-state index contributed by atoms with van der Waals surface area (Å²) >= 11 is 0. The zero-order valence-corrected chi connectivity index (χ0v) is 15.8. The smallest absolute Gasteiger partial charge is 0.337 e. The number of ether oxygens (including phenoxy) is 1. The van der Waals surface area contributed by atoms with Crippen LogP contribution in [-0.2, 0) is 20.8 Å². The standard InChI is InChI=1S/C21H24N2O4/c1-4-16-5-9-18(10-6-16)15(2)23-20(24)14-27-22-13-17-7-11-19(12-8-17)21(25)26-3/h5-13,15H,4,14H2,1-3H3,(H,23,24)/b22-13+. The summed E-state index contributed by atoms with van der Waals surface area (Å²) in [7, 11) is 1.33. The molecule has 0 aliphatic rings. The molecule has 0 bridgehead atoms. The predicted molar refractivity (Wildman–Crippen MR) is 104 cm³/mol. The fourth-order valence-electron chi connectivity index (χ4n) is 2.43. The third kappa shape index (κ3) is 6.26. The summed E-state index contributed by atoms with van der Waals surface area (Å²) in [5.74, 6) is -0.648. The van der Waals surface area contributed by atoms with E-state index >= 15 is 0 Å². The largest absolute Gasteiger partial charge is 0.465 e. The number of hydrogen-bond donors (Lipinski definition) is 1. The van der Waals surface area contributed by atoms with Gasteiger partial charge in [-0.05, 0) is 42.2 Å². The van der Waals surface area contributed by atoms with E-state index in [0.717, 1.165) is 17.5 Å². The molecule has 0 fully saturated rings. The summed E-state index contributed by atoms with van der Waals surface area (Å²) in [6, 6.07) is 14.7. The molecule has 0 aliphatic heterocycles. The highest BCUT2D eigenvalue weighted by Gasteiger charge is 2.09. The van der Waals surface area contributed by atoms with Crippen molar-refractivity contribution in [2.45, 2.75) is 26.3 Å². The van der Waals surface area contributed by atoms with Crippen LogP contribution in [-0.4, -0.2) is 31.8 Å². The number of amides is 1. The van der Waals surface area contributed by atoms with Crippen molar-refractivity contribution in [1.82, 2.24) is 5.32 Å². The van der Waals surface area contributed by atoms with Gasteiger partial charge in [0.15, 0.2) is 6.61 Å². The normalized spacial score (nSPS) is 11.8. The van der Waals surface area contributed by atoms with Crippen molar-refractivity contribution in [2.75, 3.05) is 13.7 Å². The highest BCUT2D eigenvalue weighted by atomic mass is 16.6. The van der Waals surface area contributed by atoms with Crippen molar-refractivity contribution in [3.05, 3.63) is 70.8 Å². The first-order chi connectivity index (χ1) is 13.0. The average Bonchev–Trinajstić information content (AvgIpc) is 2.71. The van der Waals surface area contributed by atoms with Crippen LogP contribution >= 0.6 is 0 Å². The molecule has 1 amide bonds. The topological polar surface area (TPSA) is 77.0 Å². The lowest BCUT2D eigenvalue weighted by Crippen LogP contribution is -2.29. The molecule has 2 rings (SSSR count). The monoisotopic (exact) mass is 368 g/mol. The first kappa shape index (κ1) is 20.2. The Morgan fingerprint density at radius 3 is 2.37 bits per heavy atom. The summed E-state index contributed by atoms with van der Waals surface area (Å²) in [5.41, 5.74) is 3.49. The van der Waals surface area contributed by atoms with E-state index in [-0.39, 0.29) is 18.6 Å². The molecule has 0 saturated heterocycles. The Morgan fingerprint density at radius 1 is 1.11 bits per heavy atom. The van der Waals surface area contributed by atoms with Gasteiger partial charge >= 0.3 is 5.97 Å². The Kier molecular flexibility index (Phi) is 7.55. The Morgan fingerprint density at radius 2 is 1.78 bits per heavy atom. The molecule has 142 valence electrons. The second kappa shape index (κ2) is 10.1. The zero-order valence-electron chi connectivity index (χ0n) is 15.8. The van der Waals surface area contributed by atoms with Gasteiger partial charge < -0.3 is 14.9 Å². The molecule has 0 heterocycles. The number of carbonyl (C=O) groups excluding carboxylic acids is 2. The molecular formula is C21H24N2O4. The molecule has 6 heteroatoms. The summed E-state index contributed by atoms with van der Waals surface area (Å²) in [4.78, 5) is 28.3. The molecule has 1 N–H and O–H groups in total. The van der Waals surface area contributed by atoms with Crippen molar-refractivity contribution in [1.29, 1.82) is 0 Å². The van der Waals surface area contributed by atoms with E-state index in [2.05, 4.69) is 34.3 Å². The summed E-state index contributed by atoms with van der Waals surface area (Å²) in [6.45, 7) is 3.85. The minimum Gasteiger partial charge on any atom is -0.465 e. The number of nitrogens with one attached hydrogen (secondary N) is 1. The van der Waals surface area contributed by atoms with Gasteiger partial charge in [0.2, 0.25) is 0 Å². The quantitative estimate of drug-likeness (QED) is 0.441. The molecule has 0 saturated carbocycles. The molecular weight excluding hydrogens is 344 g/mol. The summed E-state index contributed by atoms with van der Waals surface area (Å²) < 4.78 is 4.63.